The Labute approximate surface area is 121 Å². The summed E-state index contributed by atoms with van der Waals surface area (Å²) in [4.78, 5) is 12.1. The fourth-order valence-electron chi connectivity index (χ4n) is 1.75. The molecule has 2 aromatic rings. The van der Waals surface area contributed by atoms with E-state index in [4.69, 9.17) is 27.9 Å². The van der Waals surface area contributed by atoms with Gasteiger partial charge < -0.3 is 4.74 Å². The number of ketones is 1. The third kappa shape index (κ3) is 3.72. The first-order valence-corrected chi connectivity index (χ1v) is 6.46. The Morgan fingerprint density at radius 3 is 2.16 bits per heavy atom. The normalized spacial score (nSPS) is 10.3. The number of hydrogen-bond acceptors (Lipinski definition) is 2. The second-order valence-corrected chi connectivity index (χ2v) is 4.98. The van der Waals surface area contributed by atoms with Crippen molar-refractivity contribution in [2.24, 2.45) is 0 Å². The first kappa shape index (κ1) is 13.9. The SMILES string of the molecule is COc1ccc(CC(=O)c2cc(Cl)cc(Cl)c2)cc1. The van der Waals surface area contributed by atoms with Gasteiger partial charge in [-0.2, -0.15) is 0 Å². The first-order chi connectivity index (χ1) is 9.08. The molecule has 0 N–H and O–H groups in total. The predicted molar refractivity (Wildman–Crippen MR) is 77.5 cm³/mol. The standard InChI is InChI=1S/C15H12Cl2O2/c1-19-14-4-2-10(3-5-14)6-15(18)11-7-12(16)9-13(17)8-11/h2-5,7-9H,6H2,1H3. The van der Waals surface area contributed by atoms with Crippen LogP contribution in [0.1, 0.15) is 15.9 Å². The van der Waals surface area contributed by atoms with Crippen molar-refractivity contribution in [1.82, 2.24) is 0 Å². The molecule has 0 fully saturated rings. The molecular formula is C15H12Cl2O2. The molecule has 4 heteroatoms. The highest BCUT2D eigenvalue weighted by Gasteiger charge is 2.09. The van der Waals surface area contributed by atoms with Gasteiger partial charge in [0.15, 0.2) is 5.78 Å². The number of Topliss-reactive ketones (excluding diaryl/α,β-unsaturated/α-hetero) is 1. The average Bonchev–Trinajstić information content (AvgIpc) is 2.38. The molecule has 0 amide bonds. The summed E-state index contributed by atoms with van der Waals surface area (Å²) in [6.45, 7) is 0. The maximum Gasteiger partial charge on any atom is 0.167 e. The van der Waals surface area contributed by atoms with Gasteiger partial charge in [-0.1, -0.05) is 35.3 Å². The highest BCUT2D eigenvalue weighted by atomic mass is 35.5. The number of rotatable bonds is 4. The molecule has 98 valence electrons. The third-order valence-corrected chi connectivity index (χ3v) is 3.14. The van der Waals surface area contributed by atoms with Crippen molar-refractivity contribution >= 4 is 29.0 Å². The predicted octanol–water partition coefficient (Wildman–Crippen LogP) is 4.43. The van der Waals surface area contributed by atoms with Crippen molar-refractivity contribution in [3.05, 3.63) is 63.6 Å². The van der Waals surface area contributed by atoms with E-state index in [0.29, 0.717) is 22.0 Å². The Hall–Kier alpha value is -1.51. The van der Waals surface area contributed by atoms with Crippen molar-refractivity contribution in [3.63, 3.8) is 0 Å². The molecule has 2 rings (SSSR count). The minimum atomic E-state index is -0.0189. The second-order valence-electron chi connectivity index (χ2n) is 4.11. The van der Waals surface area contributed by atoms with Gasteiger partial charge in [0.05, 0.1) is 7.11 Å². The van der Waals surface area contributed by atoms with E-state index in [0.717, 1.165) is 11.3 Å². The number of carbonyl (C=O) groups excluding carboxylic acids is 1. The summed E-state index contributed by atoms with van der Waals surface area (Å²) in [5, 5.41) is 0.927. The smallest absolute Gasteiger partial charge is 0.167 e. The lowest BCUT2D eigenvalue weighted by atomic mass is 10.0. The number of carbonyl (C=O) groups is 1. The molecule has 0 aliphatic carbocycles. The maximum absolute atomic E-state index is 12.1. The molecule has 0 saturated heterocycles. The summed E-state index contributed by atoms with van der Waals surface area (Å²) in [5.41, 5.74) is 1.44. The van der Waals surface area contributed by atoms with Crippen LogP contribution in [0, 0.1) is 0 Å². The van der Waals surface area contributed by atoms with E-state index in [9.17, 15) is 4.79 Å². The van der Waals surface area contributed by atoms with Crippen LogP contribution in [0.3, 0.4) is 0 Å². The van der Waals surface area contributed by atoms with Crippen LogP contribution in [-0.2, 0) is 6.42 Å². The van der Waals surface area contributed by atoms with Crippen molar-refractivity contribution < 1.29 is 9.53 Å². The van der Waals surface area contributed by atoms with Gasteiger partial charge >= 0.3 is 0 Å². The van der Waals surface area contributed by atoms with E-state index in [1.807, 2.05) is 24.3 Å². The van der Waals surface area contributed by atoms with Crippen molar-refractivity contribution in [2.45, 2.75) is 6.42 Å². The molecule has 0 bridgehead atoms. The third-order valence-electron chi connectivity index (χ3n) is 2.71. The number of ether oxygens (including phenoxy) is 1. The van der Waals surface area contributed by atoms with Crippen molar-refractivity contribution in [2.75, 3.05) is 7.11 Å². The Kier molecular flexibility index (Phi) is 4.46. The maximum atomic E-state index is 12.1. The van der Waals surface area contributed by atoms with Gasteiger partial charge in [-0.3, -0.25) is 4.79 Å². The zero-order valence-corrected chi connectivity index (χ0v) is 11.8. The minimum Gasteiger partial charge on any atom is -0.497 e. The molecule has 0 unspecified atom stereocenters. The molecule has 0 heterocycles. The number of hydrogen-bond donors (Lipinski definition) is 0. The van der Waals surface area contributed by atoms with Gasteiger partial charge in [0.25, 0.3) is 0 Å². The minimum absolute atomic E-state index is 0.0189. The Morgan fingerprint density at radius 1 is 1.05 bits per heavy atom. The lowest BCUT2D eigenvalue weighted by Gasteiger charge is -2.04. The fourth-order valence-corrected chi connectivity index (χ4v) is 2.27. The van der Waals surface area contributed by atoms with Gasteiger partial charge in [0.2, 0.25) is 0 Å². The van der Waals surface area contributed by atoms with Gasteiger partial charge in [-0.25, -0.2) is 0 Å². The van der Waals surface area contributed by atoms with Crippen LogP contribution in [0.2, 0.25) is 10.0 Å². The van der Waals surface area contributed by atoms with E-state index in [1.165, 1.54) is 0 Å². The number of halogens is 2. The van der Waals surface area contributed by atoms with E-state index < -0.39 is 0 Å². The molecule has 0 aromatic heterocycles. The first-order valence-electron chi connectivity index (χ1n) is 5.70. The van der Waals surface area contributed by atoms with Crippen molar-refractivity contribution in [3.8, 4) is 5.75 Å². The zero-order chi connectivity index (χ0) is 13.8. The largest absolute Gasteiger partial charge is 0.497 e. The number of benzene rings is 2. The zero-order valence-electron chi connectivity index (χ0n) is 10.3. The van der Waals surface area contributed by atoms with Gasteiger partial charge in [0, 0.05) is 22.0 Å². The summed E-state index contributed by atoms with van der Waals surface area (Å²) in [6.07, 6.45) is 0.306. The molecule has 0 aliphatic heterocycles. The van der Waals surface area contributed by atoms with Crippen molar-refractivity contribution in [1.29, 1.82) is 0 Å². The molecule has 0 radical (unpaired) electrons. The molecule has 19 heavy (non-hydrogen) atoms. The highest BCUT2D eigenvalue weighted by Crippen LogP contribution is 2.21. The van der Waals surface area contributed by atoms with Crippen LogP contribution in [-0.4, -0.2) is 12.9 Å². The topological polar surface area (TPSA) is 26.3 Å². The van der Waals surface area contributed by atoms with Crippen LogP contribution >= 0.6 is 23.2 Å². The summed E-state index contributed by atoms with van der Waals surface area (Å²) in [6, 6.07) is 12.2. The molecule has 2 aromatic carbocycles. The second kappa shape index (κ2) is 6.09. The average molecular weight is 295 g/mol. The molecule has 0 saturated carbocycles. The lowest BCUT2D eigenvalue weighted by molar-refractivity contribution is 0.0993. The van der Waals surface area contributed by atoms with Gasteiger partial charge in [-0.05, 0) is 35.9 Å². The van der Waals surface area contributed by atoms with E-state index in [2.05, 4.69) is 0 Å². The lowest BCUT2D eigenvalue weighted by Crippen LogP contribution is -2.03. The summed E-state index contributed by atoms with van der Waals surface area (Å²) < 4.78 is 5.07. The Balaban J connectivity index is 2.15. The van der Waals surface area contributed by atoms with Gasteiger partial charge in [0.1, 0.15) is 5.75 Å². The Morgan fingerprint density at radius 2 is 1.63 bits per heavy atom. The van der Waals surface area contributed by atoms with Crippen LogP contribution in [0.4, 0.5) is 0 Å². The highest BCUT2D eigenvalue weighted by molar-refractivity contribution is 6.35. The summed E-state index contributed by atoms with van der Waals surface area (Å²) in [7, 11) is 1.61. The summed E-state index contributed by atoms with van der Waals surface area (Å²) >= 11 is 11.8. The molecular weight excluding hydrogens is 283 g/mol. The van der Waals surface area contributed by atoms with E-state index in [1.54, 1.807) is 25.3 Å². The summed E-state index contributed by atoms with van der Waals surface area (Å²) in [5.74, 6) is 0.747. The van der Waals surface area contributed by atoms with Crippen LogP contribution < -0.4 is 4.74 Å². The molecule has 2 nitrogen and oxygen atoms in total. The van der Waals surface area contributed by atoms with Crippen LogP contribution in [0.25, 0.3) is 0 Å². The van der Waals surface area contributed by atoms with E-state index >= 15 is 0 Å². The monoisotopic (exact) mass is 294 g/mol. The molecule has 0 aliphatic rings. The number of methoxy groups -OCH3 is 1. The fraction of sp³-hybridized carbons (Fsp3) is 0.133. The molecule has 0 atom stereocenters. The Bertz CT molecular complexity index is 571. The van der Waals surface area contributed by atoms with Gasteiger partial charge in [-0.15, -0.1) is 0 Å². The quantitative estimate of drug-likeness (QED) is 0.780. The van der Waals surface area contributed by atoms with E-state index in [-0.39, 0.29) is 5.78 Å². The molecule has 0 spiro atoms. The van der Waals surface area contributed by atoms with Crippen LogP contribution in [0.5, 0.6) is 5.75 Å². The van der Waals surface area contributed by atoms with Crippen LogP contribution in [0.15, 0.2) is 42.5 Å².